The van der Waals surface area contributed by atoms with E-state index in [-0.39, 0.29) is 11.9 Å². The summed E-state index contributed by atoms with van der Waals surface area (Å²) in [6.07, 6.45) is 0. The van der Waals surface area contributed by atoms with E-state index in [1.165, 1.54) is 0 Å². The molecule has 4 heteroatoms. The molecule has 1 N–H and O–H groups in total. The molecule has 1 amide bonds. The molecule has 1 rings (SSSR count). The van der Waals surface area contributed by atoms with Gasteiger partial charge in [0, 0.05) is 7.11 Å². The van der Waals surface area contributed by atoms with Crippen molar-refractivity contribution in [3.63, 3.8) is 0 Å². The van der Waals surface area contributed by atoms with E-state index < -0.39 is 0 Å². The fraction of sp³-hybridized carbons (Fsp3) is 0.889. The Hall–Kier alpha value is -0.610. The molecule has 13 heavy (non-hydrogen) atoms. The van der Waals surface area contributed by atoms with E-state index >= 15 is 0 Å². The van der Waals surface area contributed by atoms with Crippen LogP contribution in [0.4, 0.5) is 0 Å². The van der Waals surface area contributed by atoms with E-state index in [0.29, 0.717) is 25.7 Å². The third-order valence-electron chi connectivity index (χ3n) is 2.39. The number of hydrogen-bond donors (Lipinski definition) is 1. The maximum atomic E-state index is 11.4. The first-order valence-electron chi connectivity index (χ1n) is 4.66. The molecule has 0 spiro atoms. The fourth-order valence-electron chi connectivity index (χ4n) is 1.59. The molecule has 0 radical (unpaired) electrons. The smallest absolute Gasteiger partial charge is 0.237 e. The molecule has 1 fully saturated rings. The van der Waals surface area contributed by atoms with E-state index in [9.17, 15) is 4.79 Å². The van der Waals surface area contributed by atoms with Crippen molar-refractivity contribution in [3.05, 3.63) is 0 Å². The van der Waals surface area contributed by atoms with Gasteiger partial charge in [-0.2, -0.15) is 0 Å². The number of ether oxygens (including phenoxy) is 1. The third kappa shape index (κ3) is 2.42. The van der Waals surface area contributed by atoms with Gasteiger partial charge in [0.15, 0.2) is 0 Å². The maximum Gasteiger partial charge on any atom is 0.237 e. The lowest BCUT2D eigenvalue weighted by Crippen LogP contribution is -2.43. The molecule has 0 aliphatic carbocycles. The van der Waals surface area contributed by atoms with E-state index in [4.69, 9.17) is 4.74 Å². The van der Waals surface area contributed by atoms with Crippen LogP contribution in [0.3, 0.4) is 0 Å². The predicted molar refractivity (Wildman–Crippen MR) is 50.2 cm³/mol. The molecule has 1 atom stereocenters. The Labute approximate surface area is 79.2 Å². The average molecular weight is 186 g/mol. The molecule has 1 aliphatic heterocycles. The number of hydrogen-bond acceptors (Lipinski definition) is 3. The Kier molecular flexibility index (Phi) is 3.69. The number of amides is 1. The van der Waals surface area contributed by atoms with Gasteiger partial charge < -0.3 is 9.64 Å². The van der Waals surface area contributed by atoms with Gasteiger partial charge in [-0.05, 0) is 5.92 Å². The van der Waals surface area contributed by atoms with Crippen LogP contribution in [0, 0.1) is 5.92 Å². The monoisotopic (exact) mass is 186 g/mol. The van der Waals surface area contributed by atoms with Crippen LogP contribution < -0.4 is 5.32 Å². The molecule has 1 aliphatic rings. The Morgan fingerprint density at radius 3 is 2.69 bits per heavy atom. The summed E-state index contributed by atoms with van der Waals surface area (Å²) >= 11 is 0. The zero-order valence-electron chi connectivity index (χ0n) is 8.54. The highest BCUT2D eigenvalue weighted by Crippen LogP contribution is 2.12. The first-order valence-corrected chi connectivity index (χ1v) is 4.66. The molecule has 1 saturated heterocycles. The molecule has 4 nitrogen and oxygen atoms in total. The zero-order valence-corrected chi connectivity index (χ0v) is 8.54. The van der Waals surface area contributed by atoms with Gasteiger partial charge in [-0.25, -0.2) is 0 Å². The van der Waals surface area contributed by atoms with Gasteiger partial charge >= 0.3 is 0 Å². The predicted octanol–water partition coefficient (Wildman–Crippen LogP) is 0.0467. The van der Waals surface area contributed by atoms with Crippen LogP contribution in [-0.2, 0) is 9.53 Å². The van der Waals surface area contributed by atoms with Crippen molar-refractivity contribution in [1.82, 2.24) is 10.2 Å². The van der Waals surface area contributed by atoms with Gasteiger partial charge in [0.25, 0.3) is 0 Å². The van der Waals surface area contributed by atoms with Crippen LogP contribution in [0.5, 0.6) is 0 Å². The Morgan fingerprint density at radius 2 is 2.31 bits per heavy atom. The first kappa shape index (κ1) is 10.5. The van der Waals surface area contributed by atoms with Crippen molar-refractivity contribution in [3.8, 4) is 0 Å². The van der Waals surface area contributed by atoms with Gasteiger partial charge in [-0.15, -0.1) is 0 Å². The molecule has 0 aromatic rings. The molecular formula is C9H18N2O2. The van der Waals surface area contributed by atoms with E-state index in [1.807, 2.05) is 4.90 Å². The lowest BCUT2D eigenvalue weighted by molar-refractivity contribution is -0.130. The van der Waals surface area contributed by atoms with E-state index in [2.05, 4.69) is 19.2 Å². The molecule has 0 bridgehead atoms. The molecule has 0 aromatic heterocycles. The minimum absolute atomic E-state index is 0.177. The van der Waals surface area contributed by atoms with Crippen LogP contribution in [0.2, 0.25) is 0 Å². The minimum Gasteiger partial charge on any atom is -0.383 e. The molecule has 76 valence electrons. The standard InChI is InChI=1S/C9H18N2O2/c1-7(2)8(5-13-3)11-6-10-4-9(11)12/h7-8,10H,4-6H2,1-3H3. The summed E-state index contributed by atoms with van der Waals surface area (Å²) < 4.78 is 5.10. The highest BCUT2D eigenvalue weighted by atomic mass is 16.5. The normalized spacial score (nSPS) is 20.0. The second-order valence-electron chi connectivity index (χ2n) is 3.72. The Morgan fingerprint density at radius 1 is 1.62 bits per heavy atom. The summed E-state index contributed by atoms with van der Waals surface area (Å²) in [5, 5.41) is 3.04. The van der Waals surface area contributed by atoms with Gasteiger partial charge in [0.1, 0.15) is 0 Å². The zero-order chi connectivity index (χ0) is 9.84. The SMILES string of the molecule is COCC(C(C)C)N1CNCC1=O. The number of carbonyl (C=O) groups excluding carboxylic acids is 1. The van der Waals surface area contributed by atoms with E-state index in [1.54, 1.807) is 7.11 Å². The van der Waals surface area contributed by atoms with Crippen LogP contribution in [-0.4, -0.2) is 43.8 Å². The number of rotatable bonds is 4. The van der Waals surface area contributed by atoms with Crippen molar-refractivity contribution in [1.29, 1.82) is 0 Å². The summed E-state index contributed by atoms with van der Waals surface area (Å²) in [7, 11) is 1.67. The van der Waals surface area contributed by atoms with Crippen LogP contribution in [0.1, 0.15) is 13.8 Å². The van der Waals surface area contributed by atoms with E-state index in [0.717, 1.165) is 0 Å². The minimum atomic E-state index is 0.177. The average Bonchev–Trinajstić information content (AvgIpc) is 2.47. The second kappa shape index (κ2) is 4.58. The van der Waals surface area contributed by atoms with Gasteiger partial charge in [-0.3, -0.25) is 10.1 Å². The highest BCUT2D eigenvalue weighted by molar-refractivity contribution is 5.80. The van der Waals surface area contributed by atoms with Crippen molar-refractivity contribution in [2.45, 2.75) is 19.9 Å². The van der Waals surface area contributed by atoms with Crippen molar-refractivity contribution in [2.75, 3.05) is 26.9 Å². The Balaban J connectivity index is 2.57. The van der Waals surface area contributed by atoms with Crippen LogP contribution >= 0.6 is 0 Å². The van der Waals surface area contributed by atoms with Crippen LogP contribution in [0.15, 0.2) is 0 Å². The lowest BCUT2D eigenvalue weighted by atomic mass is 10.0. The molecule has 0 aromatic carbocycles. The molecule has 0 saturated carbocycles. The number of carbonyl (C=O) groups is 1. The summed E-state index contributed by atoms with van der Waals surface area (Å²) in [6.45, 7) is 5.95. The molecule has 1 heterocycles. The summed E-state index contributed by atoms with van der Waals surface area (Å²) in [5.74, 6) is 0.611. The summed E-state index contributed by atoms with van der Waals surface area (Å²) in [6, 6.07) is 0.201. The second-order valence-corrected chi connectivity index (χ2v) is 3.72. The summed E-state index contributed by atoms with van der Waals surface area (Å²) in [4.78, 5) is 13.3. The van der Waals surface area contributed by atoms with Crippen molar-refractivity contribution in [2.24, 2.45) is 5.92 Å². The Bertz CT molecular complexity index is 182. The highest BCUT2D eigenvalue weighted by Gasteiger charge is 2.29. The lowest BCUT2D eigenvalue weighted by Gasteiger charge is -2.29. The van der Waals surface area contributed by atoms with Gasteiger partial charge in [0.05, 0.1) is 25.9 Å². The first-order chi connectivity index (χ1) is 6.16. The number of methoxy groups -OCH3 is 1. The number of nitrogens with zero attached hydrogens (tertiary/aromatic N) is 1. The molecular weight excluding hydrogens is 168 g/mol. The van der Waals surface area contributed by atoms with Gasteiger partial charge in [-0.1, -0.05) is 13.8 Å². The largest absolute Gasteiger partial charge is 0.383 e. The van der Waals surface area contributed by atoms with Gasteiger partial charge in [0.2, 0.25) is 5.91 Å². The maximum absolute atomic E-state index is 11.4. The van der Waals surface area contributed by atoms with Crippen molar-refractivity contribution < 1.29 is 9.53 Å². The molecule has 1 unspecified atom stereocenters. The van der Waals surface area contributed by atoms with Crippen molar-refractivity contribution >= 4 is 5.91 Å². The summed E-state index contributed by atoms with van der Waals surface area (Å²) in [5.41, 5.74) is 0. The van der Waals surface area contributed by atoms with Crippen LogP contribution in [0.25, 0.3) is 0 Å². The topological polar surface area (TPSA) is 41.6 Å². The number of nitrogens with one attached hydrogen (secondary N) is 1. The fourth-order valence-corrected chi connectivity index (χ4v) is 1.59. The quantitative estimate of drug-likeness (QED) is 0.674. The third-order valence-corrected chi connectivity index (χ3v) is 2.39.